The summed E-state index contributed by atoms with van der Waals surface area (Å²) >= 11 is 0. The average Bonchev–Trinajstić information content (AvgIpc) is 3.07. The van der Waals surface area contributed by atoms with E-state index in [1.807, 2.05) is 12.3 Å². The Kier molecular flexibility index (Phi) is 3.15. The van der Waals surface area contributed by atoms with Gasteiger partial charge in [-0.3, -0.25) is 0 Å². The Hall–Kier alpha value is -1.61. The van der Waals surface area contributed by atoms with Crippen molar-refractivity contribution in [2.75, 3.05) is 7.05 Å². The summed E-state index contributed by atoms with van der Waals surface area (Å²) < 4.78 is 2.08. The van der Waals surface area contributed by atoms with Crippen LogP contribution in [0, 0.1) is 0 Å². The molecule has 1 fully saturated rings. The molecule has 1 aliphatic rings. The normalized spacial score (nSPS) is 23.4. The number of nitrogens with zero attached hydrogens (tertiary/aromatic N) is 2. The van der Waals surface area contributed by atoms with E-state index in [9.17, 15) is 0 Å². The quantitative estimate of drug-likeness (QED) is 0.895. The minimum absolute atomic E-state index is 0.581. The van der Waals surface area contributed by atoms with E-state index >= 15 is 0 Å². The summed E-state index contributed by atoms with van der Waals surface area (Å²) in [6.07, 6.45) is 5.73. The lowest BCUT2D eigenvalue weighted by Crippen LogP contribution is -2.28. The van der Waals surface area contributed by atoms with Crippen LogP contribution in [0.3, 0.4) is 0 Å². The number of rotatable bonds is 3. The van der Waals surface area contributed by atoms with Gasteiger partial charge >= 0.3 is 0 Å². The third-order valence-corrected chi connectivity index (χ3v) is 3.94. The summed E-state index contributed by atoms with van der Waals surface area (Å²) in [5, 5.41) is 7.93. The smallest absolute Gasteiger partial charge is 0.0648 e. The highest BCUT2D eigenvalue weighted by Crippen LogP contribution is 2.35. The fraction of sp³-hybridized carbons (Fsp3) is 0.400. The summed E-state index contributed by atoms with van der Waals surface area (Å²) in [4.78, 5) is 0. The Bertz CT molecular complexity index is 503. The van der Waals surface area contributed by atoms with E-state index in [0.717, 1.165) is 5.69 Å². The van der Waals surface area contributed by atoms with Gasteiger partial charge in [0.05, 0.1) is 5.69 Å². The van der Waals surface area contributed by atoms with Crippen molar-refractivity contribution in [2.24, 2.45) is 0 Å². The van der Waals surface area contributed by atoms with E-state index in [4.69, 9.17) is 0 Å². The van der Waals surface area contributed by atoms with Gasteiger partial charge in [-0.2, -0.15) is 5.10 Å². The molecular weight excluding hydrogens is 222 g/mol. The molecule has 1 saturated carbocycles. The second-order valence-electron chi connectivity index (χ2n) is 4.94. The zero-order valence-electron chi connectivity index (χ0n) is 10.7. The number of benzene rings is 1. The molecule has 0 saturated heterocycles. The summed E-state index contributed by atoms with van der Waals surface area (Å²) in [6, 6.07) is 13.1. The van der Waals surface area contributed by atoms with Gasteiger partial charge in [-0.1, -0.05) is 24.6 Å². The highest BCUT2D eigenvalue weighted by Gasteiger charge is 2.29. The SMILES string of the molecule is CNC1CCCC1c1ccnn1-c1ccccc1. The van der Waals surface area contributed by atoms with Gasteiger partial charge in [-0.25, -0.2) is 4.68 Å². The second kappa shape index (κ2) is 4.94. The monoisotopic (exact) mass is 241 g/mol. The van der Waals surface area contributed by atoms with E-state index in [-0.39, 0.29) is 0 Å². The second-order valence-corrected chi connectivity index (χ2v) is 4.94. The van der Waals surface area contributed by atoms with Crippen LogP contribution in [0.4, 0.5) is 0 Å². The van der Waals surface area contributed by atoms with Crippen molar-refractivity contribution in [3.05, 3.63) is 48.3 Å². The fourth-order valence-electron chi connectivity index (χ4n) is 3.04. The van der Waals surface area contributed by atoms with Crippen molar-refractivity contribution in [1.29, 1.82) is 0 Å². The first-order chi connectivity index (χ1) is 8.90. The van der Waals surface area contributed by atoms with Crippen molar-refractivity contribution >= 4 is 0 Å². The van der Waals surface area contributed by atoms with Crippen LogP contribution >= 0.6 is 0 Å². The Labute approximate surface area is 108 Å². The predicted molar refractivity (Wildman–Crippen MR) is 73.0 cm³/mol. The molecule has 0 radical (unpaired) electrons. The third kappa shape index (κ3) is 1.95. The van der Waals surface area contributed by atoms with Crippen molar-refractivity contribution < 1.29 is 0 Å². The van der Waals surface area contributed by atoms with Crippen LogP contribution in [0.15, 0.2) is 42.6 Å². The third-order valence-electron chi connectivity index (χ3n) is 3.94. The lowest BCUT2D eigenvalue weighted by atomic mass is 9.99. The summed E-state index contributed by atoms with van der Waals surface area (Å²) in [6.45, 7) is 0. The van der Waals surface area contributed by atoms with Crippen molar-refractivity contribution in [3.8, 4) is 5.69 Å². The minimum Gasteiger partial charge on any atom is -0.316 e. The standard InChI is InChI=1S/C15H19N3/c1-16-14-9-5-8-13(14)15-10-11-17-18(15)12-6-3-2-4-7-12/h2-4,6-7,10-11,13-14,16H,5,8-9H2,1H3. The topological polar surface area (TPSA) is 29.9 Å². The van der Waals surface area contributed by atoms with Gasteiger partial charge in [0.2, 0.25) is 0 Å². The number of aromatic nitrogens is 2. The van der Waals surface area contributed by atoms with Gasteiger partial charge in [0.15, 0.2) is 0 Å². The zero-order chi connectivity index (χ0) is 12.4. The van der Waals surface area contributed by atoms with Crippen LogP contribution in [0.5, 0.6) is 0 Å². The first-order valence-electron chi connectivity index (χ1n) is 6.67. The highest BCUT2D eigenvalue weighted by atomic mass is 15.3. The highest BCUT2D eigenvalue weighted by molar-refractivity contribution is 5.33. The largest absolute Gasteiger partial charge is 0.316 e. The Balaban J connectivity index is 1.97. The molecule has 2 atom stereocenters. The molecule has 0 aliphatic heterocycles. The van der Waals surface area contributed by atoms with E-state index in [1.165, 1.54) is 25.0 Å². The van der Waals surface area contributed by atoms with Crippen molar-refractivity contribution in [1.82, 2.24) is 15.1 Å². The van der Waals surface area contributed by atoms with Crippen LogP contribution in [-0.4, -0.2) is 22.9 Å². The van der Waals surface area contributed by atoms with Gasteiger partial charge < -0.3 is 5.32 Å². The van der Waals surface area contributed by atoms with Gasteiger partial charge in [-0.15, -0.1) is 0 Å². The maximum atomic E-state index is 4.49. The maximum absolute atomic E-state index is 4.49. The van der Waals surface area contributed by atoms with Crippen LogP contribution in [0.25, 0.3) is 5.69 Å². The lowest BCUT2D eigenvalue weighted by molar-refractivity contribution is 0.503. The molecule has 2 unspecified atom stereocenters. The van der Waals surface area contributed by atoms with Crippen LogP contribution in [0.1, 0.15) is 30.9 Å². The molecular formula is C15H19N3. The van der Waals surface area contributed by atoms with Gasteiger partial charge in [-0.05, 0) is 38.1 Å². The Morgan fingerprint density at radius 1 is 1.17 bits per heavy atom. The van der Waals surface area contributed by atoms with Crippen LogP contribution in [-0.2, 0) is 0 Å². The molecule has 3 nitrogen and oxygen atoms in total. The maximum Gasteiger partial charge on any atom is 0.0648 e. The molecule has 1 aromatic carbocycles. The first-order valence-corrected chi connectivity index (χ1v) is 6.67. The molecule has 18 heavy (non-hydrogen) atoms. The van der Waals surface area contributed by atoms with Crippen molar-refractivity contribution in [2.45, 2.75) is 31.2 Å². The number of hydrogen-bond donors (Lipinski definition) is 1. The molecule has 2 aromatic rings. The fourth-order valence-corrected chi connectivity index (χ4v) is 3.04. The zero-order valence-corrected chi connectivity index (χ0v) is 10.7. The van der Waals surface area contributed by atoms with Crippen molar-refractivity contribution in [3.63, 3.8) is 0 Å². The molecule has 0 spiro atoms. The summed E-state index contributed by atoms with van der Waals surface area (Å²) in [7, 11) is 2.06. The summed E-state index contributed by atoms with van der Waals surface area (Å²) in [5.74, 6) is 0.581. The number of nitrogens with one attached hydrogen (secondary N) is 1. The molecule has 1 aliphatic carbocycles. The first kappa shape index (κ1) is 11.5. The molecule has 1 heterocycles. The van der Waals surface area contributed by atoms with E-state index in [1.54, 1.807) is 0 Å². The van der Waals surface area contributed by atoms with Gasteiger partial charge in [0.25, 0.3) is 0 Å². The van der Waals surface area contributed by atoms with E-state index < -0.39 is 0 Å². The van der Waals surface area contributed by atoms with Crippen LogP contribution < -0.4 is 5.32 Å². The lowest BCUT2D eigenvalue weighted by Gasteiger charge is -2.20. The molecule has 94 valence electrons. The van der Waals surface area contributed by atoms with Gasteiger partial charge in [0, 0.05) is 23.9 Å². The average molecular weight is 241 g/mol. The minimum atomic E-state index is 0.581. The molecule has 3 rings (SSSR count). The molecule has 1 aromatic heterocycles. The van der Waals surface area contributed by atoms with Gasteiger partial charge in [0.1, 0.15) is 0 Å². The van der Waals surface area contributed by atoms with E-state index in [2.05, 4.69) is 52.5 Å². The Morgan fingerprint density at radius 2 is 2.00 bits per heavy atom. The molecule has 0 bridgehead atoms. The molecule has 1 N–H and O–H groups in total. The van der Waals surface area contributed by atoms with E-state index in [0.29, 0.717) is 12.0 Å². The molecule has 3 heteroatoms. The number of hydrogen-bond acceptors (Lipinski definition) is 2. The summed E-state index contributed by atoms with van der Waals surface area (Å²) in [5.41, 5.74) is 2.48. The Morgan fingerprint density at radius 3 is 2.78 bits per heavy atom. The number of likely N-dealkylation sites (N-methyl/N-ethyl adjacent to an activating group) is 1. The number of para-hydroxylation sites is 1. The van der Waals surface area contributed by atoms with Crippen LogP contribution in [0.2, 0.25) is 0 Å². The predicted octanol–water partition coefficient (Wildman–Crippen LogP) is 2.73. The molecule has 0 amide bonds.